The van der Waals surface area contributed by atoms with E-state index in [1.165, 1.54) is 16.7 Å². The van der Waals surface area contributed by atoms with E-state index in [4.69, 9.17) is 11.6 Å². The second kappa shape index (κ2) is 5.36. The summed E-state index contributed by atoms with van der Waals surface area (Å²) in [7, 11) is 0. The zero-order chi connectivity index (χ0) is 13.2. The number of hydrogen-bond acceptors (Lipinski definition) is 1. The van der Waals surface area contributed by atoms with Crippen molar-refractivity contribution in [3.8, 4) is 0 Å². The normalized spacial score (nSPS) is 16.3. The molecule has 19 heavy (non-hydrogen) atoms. The lowest BCUT2D eigenvalue weighted by atomic mass is 10.1. The summed E-state index contributed by atoms with van der Waals surface area (Å²) in [6, 6.07) is 17.7. The molecular weight excluding hydrogens is 254 g/mol. The third-order valence-electron chi connectivity index (χ3n) is 3.89. The van der Waals surface area contributed by atoms with E-state index >= 15 is 0 Å². The molecule has 2 aromatic rings. The number of benzene rings is 2. The summed E-state index contributed by atoms with van der Waals surface area (Å²) >= 11 is 6.05. The molecule has 98 valence electrons. The summed E-state index contributed by atoms with van der Waals surface area (Å²) in [6.45, 7) is 2.20. The highest BCUT2D eigenvalue weighted by molar-refractivity contribution is 6.30. The molecule has 0 saturated carbocycles. The fourth-order valence-corrected chi connectivity index (χ4v) is 3.10. The van der Waals surface area contributed by atoms with E-state index in [1.807, 2.05) is 18.2 Å². The van der Waals surface area contributed by atoms with Gasteiger partial charge >= 0.3 is 0 Å². The molecule has 0 aliphatic heterocycles. The molecule has 2 heteroatoms. The lowest BCUT2D eigenvalue weighted by Crippen LogP contribution is -2.32. The molecule has 0 radical (unpaired) electrons. The molecule has 0 saturated heterocycles. The van der Waals surface area contributed by atoms with Gasteiger partial charge < -0.3 is 5.32 Å². The van der Waals surface area contributed by atoms with Crippen LogP contribution in [0.4, 0.5) is 0 Å². The Morgan fingerprint density at radius 1 is 1.05 bits per heavy atom. The molecule has 1 N–H and O–H groups in total. The number of hydrogen-bond donors (Lipinski definition) is 1. The summed E-state index contributed by atoms with van der Waals surface area (Å²) in [5.41, 5.74) is 4.22. The van der Waals surface area contributed by atoms with Crippen LogP contribution in [0.15, 0.2) is 48.5 Å². The first kappa shape index (κ1) is 12.7. The van der Waals surface area contributed by atoms with Gasteiger partial charge in [0.15, 0.2) is 0 Å². The Morgan fingerprint density at radius 3 is 2.37 bits per heavy atom. The average Bonchev–Trinajstić information content (AvgIpc) is 2.80. The van der Waals surface area contributed by atoms with Crippen LogP contribution in [0.25, 0.3) is 0 Å². The van der Waals surface area contributed by atoms with Gasteiger partial charge in [0.1, 0.15) is 0 Å². The van der Waals surface area contributed by atoms with Crippen LogP contribution < -0.4 is 5.32 Å². The Morgan fingerprint density at radius 2 is 1.74 bits per heavy atom. The van der Waals surface area contributed by atoms with Gasteiger partial charge in [0.2, 0.25) is 0 Å². The van der Waals surface area contributed by atoms with Crippen LogP contribution in [0, 0.1) is 0 Å². The van der Waals surface area contributed by atoms with Gasteiger partial charge in [-0.2, -0.15) is 0 Å². The summed E-state index contributed by atoms with van der Waals surface area (Å²) in [5.74, 6) is 0. The standard InChI is InChI=1S/C17H18ClN/c1-12(13-7-4-8-16(18)9-13)19-17-10-14-5-2-3-6-15(14)11-17/h2-9,12,17,19H,10-11H2,1H3/t12-/m1/s1. The van der Waals surface area contributed by atoms with E-state index in [2.05, 4.69) is 42.6 Å². The van der Waals surface area contributed by atoms with Gasteiger partial charge in [0.05, 0.1) is 0 Å². The first-order valence-corrected chi connectivity index (χ1v) is 7.18. The Hall–Kier alpha value is -1.31. The SMILES string of the molecule is C[C@@H](NC1Cc2ccccc2C1)c1cccc(Cl)c1. The zero-order valence-corrected chi connectivity index (χ0v) is 11.8. The number of fused-ring (bicyclic) bond motifs is 1. The molecule has 1 atom stereocenters. The van der Waals surface area contributed by atoms with Crippen LogP contribution in [0.5, 0.6) is 0 Å². The molecule has 0 heterocycles. The van der Waals surface area contributed by atoms with Crippen LogP contribution in [0.2, 0.25) is 5.02 Å². The molecule has 1 nitrogen and oxygen atoms in total. The minimum Gasteiger partial charge on any atom is -0.307 e. The average molecular weight is 272 g/mol. The molecule has 3 rings (SSSR count). The molecule has 0 bridgehead atoms. The van der Waals surface area contributed by atoms with Gasteiger partial charge in [0, 0.05) is 17.1 Å². The van der Waals surface area contributed by atoms with Crippen molar-refractivity contribution in [2.75, 3.05) is 0 Å². The highest BCUT2D eigenvalue weighted by Gasteiger charge is 2.22. The third kappa shape index (κ3) is 2.83. The van der Waals surface area contributed by atoms with Crippen molar-refractivity contribution in [1.29, 1.82) is 0 Å². The van der Waals surface area contributed by atoms with Crippen molar-refractivity contribution in [3.05, 3.63) is 70.2 Å². The molecule has 0 spiro atoms. The van der Waals surface area contributed by atoms with Crippen molar-refractivity contribution in [3.63, 3.8) is 0 Å². The first-order valence-electron chi connectivity index (χ1n) is 6.80. The summed E-state index contributed by atoms with van der Waals surface area (Å²) in [5, 5.41) is 4.52. The third-order valence-corrected chi connectivity index (χ3v) is 4.12. The van der Waals surface area contributed by atoms with E-state index in [0.29, 0.717) is 12.1 Å². The van der Waals surface area contributed by atoms with E-state index in [9.17, 15) is 0 Å². The first-order chi connectivity index (χ1) is 9.22. The van der Waals surface area contributed by atoms with Crippen LogP contribution in [0.3, 0.4) is 0 Å². The Kier molecular flexibility index (Phi) is 3.58. The van der Waals surface area contributed by atoms with Crippen LogP contribution >= 0.6 is 11.6 Å². The Bertz CT molecular complexity index is 554. The highest BCUT2D eigenvalue weighted by atomic mass is 35.5. The van der Waals surface area contributed by atoms with Crippen molar-refractivity contribution in [2.45, 2.75) is 31.8 Å². The molecule has 0 amide bonds. The second-order valence-electron chi connectivity index (χ2n) is 5.32. The Balaban J connectivity index is 1.67. The topological polar surface area (TPSA) is 12.0 Å². The van der Waals surface area contributed by atoms with Crippen molar-refractivity contribution < 1.29 is 0 Å². The maximum atomic E-state index is 6.05. The van der Waals surface area contributed by atoms with E-state index in [-0.39, 0.29) is 0 Å². The predicted molar refractivity (Wildman–Crippen MR) is 80.6 cm³/mol. The number of halogens is 1. The monoisotopic (exact) mass is 271 g/mol. The van der Waals surface area contributed by atoms with Gasteiger partial charge in [0.25, 0.3) is 0 Å². The van der Waals surface area contributed by atoms with Crippen molar-refractivity contribution in [1.82, 2.24) is 5.32 Å². The van der Waals surface area contributed by atoms with E-state index < -0.39 is 0 Å². The largest absolute Gasteiger partial charge is 0.307 e. The van der Waals surface area contributed by atoms with Gasteiger partial charge in [-0.05, 0) is 48.6 Å². The van der Waals surface area contributed by atoms with Crippen molar-refractivity contribution in [2.24, 2.45) is 0 Å². The van der Waals surface area contributed by atoms with E-state index in [0.717, 1.165) is 17.9 Å². The van der Waals surface area contributed by atoms with Crippen LogP contribution in [-0.2, 0) is 12.8 Å². The quantitative estimate of drug-likeness (QED) is 0.884. The summed E-state index contributed by atoms with van der Waals surface area (Å²) in [6.07, 6.45) is 2.25. The maximum Gasteiger partial charge on any atom is 0.0409 e. The fraction of sp³-hybridized carbons (Fsp3) is 0.294. The highest BCUT2D eigenvalue weighted by Crippen LogP contribution is 2.24. The second-order valence-corrected chi connectivity index (χ2v) is 5.75. The molecule has 1 aliphatic carbocycles. The maximum absolute atomic E-state index is 6.05. The van der Waals surface area contributed by atoms with Gasteiger partial charge in [-0.15, -0.1) is 0 Å². The van der Waals surface area contributed by atoms with Crippen LogP contribution in [-0.4, -0.2) is 6.04 Å². The summed E-state index contributed by atoms with van der Waals surface area (Å²) < 4.78 is 0. The molecular formula is C17H18ClN. The lowest BCUT2D eigenvalue weighted by molar-refractivity contribution is 0.467. The van der Waals surface area contributed by atoms with Crippen LogP contribution in [0.1, 0.15) is 29.7 Å². The van der Waals surface area contributed by atoms with Crippen molar-refractivity contribution >= 4 is 11.6 Å². The minimum absolute atomic E-state index is 0.331. The van der Waals surface area contributed by atoms with E-state index in [1.54, 1.807) is 0 Å². The molecule has 0 unspecified atom stereocenters. The lowest BCUT2D eigenvalue weighted by Gasteiger charge is -2.19. The number of nitrogens with one attached hydrogen (secondary N) is 1. The van der Waals surface area contributed by atoms with Gasteiger partial charge in [-0.1, -0.05) is 48.0 Å². The molecule has 1 aliphatic rings. The minimum atomic E-state index is 0.331. The number of rotatable bonds is 3. The van der Waals surface area contributed by atoms with Gasteiger partial charge in [-0.25, -0.2) is 0 Å². The zero-order valence-electron chi connectivity index (χ0n) is 11.1. The smallest absolute Gasteiger partial charge is 0.0409 e. The summed E-state index contributed by atoms with van der Waals surface area (Å²) in [4.78, 5) is 0. The Labute approximate surface area is 119 Å². The molecule has 0 fully saturated rings. The molecule has 2 aromatic carbocycles. The van der Waals surface area contributed by atoms with Gasteiger partial charge in [-0.3, -0.25) is 0 Å². The predicted octanol–water partition coefficient (Wildman–Crippen LogP) is 4.16. The fourth-order valence-electron chi connectivity index (χ4n) is 2.90. The molecule has 0 aromatic heterocycles.